The Morgan fingerprint density at radius 3 is 2.90 bits per heavy atom. The van der Waals surface area contributed by atoms with E-state index in [2.05, 4.69) is 27.2 Å². The molecule has 2 N–H and O–H groups in total. The molecule has 21 heavy (non-hydrogen) atoms. The molecule has 0 bridgehead atoms. The zero-order valence-corrected chi connectivity index (χ0v) is 13.4. The summed E-state index contributed by atoms with van der Waals surface area (Å²) >= 11 is 4.47. The van der Waals surface area contributed by atoms with Crippen LogP contribution in [0.25, 0.3) is 6.08 Å². The summed E-state index contributed by atoms with van der Waals surface area (Å²) in [6.07, 6.45) is 6.86. The van der Waals surface area contributed by atoms with E-state index < -0.39 is 0 Å². The molecule has 1 saturated heterocycles. The van der Waals surface area contributed by atoms with E-state index in [0.717, 1.165) is 17.3 Å². The highest BCUT2D eigenvalue weighted by atomic mass is 79.9. The lowest BCUT2D eigenvalue weighted by molar-refractivity contribution is -0.115. The van der Waals surface area contributed by atoms with Crippen molar-refractivity contribution in [1.82, 2.24) is 5.32 Å². The zero-order chi connectivity index (χ0) is 15.4. The van der Waals surface area contributed by atoms with E-state index in [-0.39, 0.29) is 17.7 Å². The molecule has 0 radical (unpaired) electrons. The number of halogens is 1. The van der Waals surface area contributed by atoms with Gasteiger partial charge in [-0.2, -0.15) is 0 Å². The SMILES string of the molecule is C#CCOc1c(Br)cc(/C=C2/SC(=N)NC2=O)cc1OC. The van der Waals surface area contributed by atoms with Gasteiger partial charge >= 0.3 is 0 Å². The van der Waals surface area contributed by atoms with Crippen LogP contribution in [0, 0.1) is 17.8 Å². The fraction of sp³-hybridized carbons (Fsp3) is 0.143. The van der Waals surface area contributed by atoms with Gasteiger partial charge in [0.2, 0.25) is 0 Å². The number of nitrogens with one attached hydrogen (secondary N) is 2. The van der Waals surface area contributed by atoms with Crippen molar-refractivity contribution in [2.75, 3.05) is 13.7 Å². The number of terminal acetylenes is 1. The predicted molar refractivity (Wildman–Crippen MR) is 86.5 cm³/mol. The minimum Gasteiger partial charge on any atom is -0.493 e. The quantitative estimate of drug-likeness (QED) is 0.634. The van der Waals surface area contributed by atoms with Gasteiger partial charge in [-0.05, 0) is 51.5 Å². The van der Waals surface area contributed by atoms with Gasteiger partial charge in [0, 0.05) is 0 Å². The van der Waals surface area contributed by atoms with Gasteiger partial charge in [-0.25, -0.2) is 0 Å². The molecule has 0 unspecified atom stereocenters. The molecule has 1 fully saturated rings. The van der Waals surface area contributed by atoms with Crippen LogP contribution in [0.15, 0.2) is 21.5 Å². The number of hydrogen-bond donors (Lipinski definition) is 2. The standard InChI is InChI=1S/C14H11BrN2O3S/c1-3-4-20-12-9(15)5-8(6-10(12)19-2)7-11-13(18)17-14(16)21-11/h1,5-7H,4H2,2H3,(H2,16,17,18)/b11-7+. The number of benzene rings is 1. The summed E-state index contributed by atoms with van der Waals surface area (Å²) in [6, 6.07) is 3.52. The summed E-state index contributed by atoms with van der Waals surface area (Å²) in [5, 5.41) is 9.96. The molecule has 1 aromatic carbocycles. The van der Waals surface area contributed by atoms with E-state index in [1.54, 1.807) is 18.2 Å². The van der Waals surface area contributed by atoms with Crippen LogP contribution in [0.1, 0.15) is 5.56 Å². The molecule has 0 atom stereocenters. The highest BCUT2D eigenvalue weighted by Gasteiger charge is 2.22. The maximum Gasteiger partial charge on any atom is 0.264 e. The van der Waals surface area contributed by atoms with Gasteiger partial charge in [0.1, 0.15) is 6.61 Å². The molecule has 0 aliphatic carbocycles. The Kier molecular flexibility index (Phi) is 4.94. The van der Waals surface area contributed by atoms with Crippen LogP contribution >= 0.6 is 27.7 Å². The van der Waals surface area contributed by atoms with Crippen molar-refractivity contribution in [3.05, 3.63) is 27.1 Å². The topological polar surface area (TPSA) is 71.4 Å². The molecule has 108 valence electrons. The number of rotatable bonds is 4. The lowest BCUT2D eigenvalue weighted by atomic mass is 10.2. The van der Waals surface area contributed by atoms with Gasteiger partial charge < -0.3 is 14.8 Å². The molecule has 1 aliphatic rings. The number of carbonyl (C=O) groups excluding carboxylic acids is 1. The molecule has 7 heteroatoms. The fourth-order valence-electron chi connectivity index (χ4n) is 1.67. The number of amides is 1. The molecular formula is C14H11BrN2O3S. The second-order valence-corrected chi connectivity index (χ2v) is 5.83. The summed E-state index contributed by atoms with van der Waals surface area (Å²) in [4.78, 5) is 12.1. The van der Waals surface area contributed by atoms with Crippen molar-refractivity contribution in [2.45, 2.75) is 0 Å². The van der Waals surface area contributed by atoms with E-state index in [9.17, 15) is 4.79 Å². The zero-order valence-electron chi connectivity index (χ0n) is 11.0. The van der Waals surface area contributed by atoms with Crippen LogP contribution < -0.4 is 14.8 Å². The van der Waals surface area contributed by atoms with Crippen LogP contribution in [0.3, 0.4) is 0 Å². The van der Waals surface area contributed by atoms with Crippen molar-refractivity contribution in [2.24, 2.45) is 0 Å². The first-order valence-corrected chi connectivity index (χ1v) is 7.39. The third-order valence-electron chi connectivity index (χ3n) is 2.51. The summed E-state index contributed by atoms with van der Waals surface area (Å²) in [5.41, 5.74) is 0.749. The first-order valence-electron chi connectivity index (χ1n) is 5.78. The van der Waals surface area contributed by atoms with Gasteiger partial charge in [0.15, 0.2) is 16.7 Å². The van der Waals surface area contributed by atoms with Crippen LogP contribution in [0.4, 0.5) is 0 Å². The van der Waals surface area contributed by atoms with Crippen molar-refractivity contribution in [1.29, 1.82) is 5.41 Å². The minimum absolute atomic E-state index is 0.117. The summed E-state index contributed by atoms with van der Waals surface area (Å²) in [5.74, 6) is 3.12. The Morgan fingerprint density at radius 1 is 1.57 bits per heavy atom. The van der Waals surface area contributed by atoms with E-state index in [1.807, 2.05) is 0 Å². The first-order chi connectivity index (χ1) is 10.0. The van der Waals surface area contributed by atoms with E-state index in [1.165, 1.54) is 7.11 Å². The Bertz CT molecular complexity index is 680. The molecule has 0 saturated carbocycles. The third-order valence-corrected chi connectivity index (χ3v) is 3.93. The highest BCUT2D eigenvalue weighted by Crippen LogP contribution is 2.38. The Balaban J connectivity index is 2.37. The molecule has 1 aromatic rings. The molecule has 2 rings (SSSR count). The van der Waals surface area contributed by atoms with Gasteiger partial charge in [-0.15, -0.1) is 6.42 Å². The minimum atomic E-state index is -0.284. The lowest BCUT2D eigenvalue weighted by Crippen LogP contribution is -2.18. The Morgan fingerprint density at radius 2 is 2.33 bits per heavy atom. The molecule has 1 amide bonds. The summed E-state index contributed by atoms with van der Waals surface area (Å²) in [7, 11) is 1.52. The predicted octanol–water partition coefficient (Wildman–Crippen LogP) is 2.61. The molecule has 1 heterocycles. The summed E-state index contributed by atoms with van der Waals surface area (Å²) in [6.45, 7) is 0.130. The number of amidine groups is 1. The highest BCUT2D eigenvalue weighted by molar-refractivity contribution is 9.10. The van der Waals surface area contributed by atoms with Gasteiger partial charge in [0.05, 0.1) is 16.5 Å². The monoisotopic (exact) mass is 366 g/mol. The molecule has 1 aliphatic heterocycles. The Labute approximate surface area is 134 Å². The van der Waals surface area contributed by atoms with E-state index in [4.69, 9.17) is 21.3 Å². The third kappa shape index (κ3) is 3.60. The molecule has 0 spiro atoms. The lowest BCUT2D eigenvalue weighted by Gasteiger charge is -2.12. The molecule has 5 nitrogen and oxygen atoms in total. The van der Waals surface area contributed by atoms with Crippen LogP contribution in [-0.4, -0.2) is 24.8 Å². The van der Waals surface area contributed by atoms with Gasteiger partial charge in [-0.1, -0.05) is 5.92 Å². The average Bonchev–Trinajstić information content (AvgIpc) is 2.75. The van der Waals surface area contributed by atoms with Gasteiger partial charge in [0.25, 0.3) is 5.91 Å². The van der Waals surface area contributed by atoms with Crippen molar-refractivity contribution >= 4 is 44.8 Å². The Hall–Kier alpha value is -1.91. The van der Waals surface area contributed by atoms with Crippen LogP contribution in [0.5, 0.6) is 11.5 Å². The smallest absolute Gasteiger partial charge is 0.264 e. The summed E-state index contributed by atoms with van der Waals surface area (Å²) < 4.78 is 11.4. The average molecular weight is 367 g/mol. The van der Waals surface area contributed by atoms with Crippen molar-refractivity contribution in [3.8, 4) is 23.8 Å². The number of thioether (sulfide) groups is 1. The fourth-order valence-corrected chi connectivity index (χ4v) is 2.95. The normalized spacial score (nSPS) is 15.8. The number of methoxy groups -OCH3 is 1. The van der Waals surface area contributed by atoms with Crippen LogP contribution in [0.2, 0.25) is 0 Å². The first kappa shape index (κ1) is 15.5. The van der Waals surface area contributed by atoms with Crippen molar-refractivity contribution in [3.63, 3.8) is 0 Å². The van der Waals surface area contributed by atoms with Crippen LogP contribution in [-0.2, 0) is 4.79 Å². The maximum absolute atomic E-state index is 11.6. The van der Waals surface area contributed by atoms with E-state index in [0.29, 0.717) is 20.9 Å². The maximum atomic E-state index is 11.6. The number of hydrogen-bond acceptors (Lipinski definition) is 5. The van der Waals surface area contributed by atoms with Crippen molar-refractivity contribution < 1.29 is 14.3 Å². The van der Waals surface area contributed by atoms with Gasteiger partial charge in [-0.3, -0.25) is 10.2 Å². The number of carbonyl (C=O) groups is 1. The largest absolute Gasteiger partial charge is 0.493 e. The second kappa shape index (κ2) is 6.70. The molecule has 0 aromatic heterocycles. The van der Waals surface area contributed by atoms with E-state index >= 15 is 0 Å². The number of ether oxygens (including phenoxy) is 2. The molecular weight excluding hydrogens is 356 g/mol. The second-order valence-electron chi connectivity index (χ2n) is 3.92.